The van der Waals surface area contributed by atoms with E-state index in [1.54, 1.807) is 0 Å². The van der Waals surface area contributed by atoms with E-state index in [1.165, 1.54) is 0 Å². The number of benzene rings is 1. The Balaban J connectivity index is 2.49. The highest BCUT2D eigenvalue weighted by Crippen LogP contribution is 2.61. The molecule has 1 aromatic carbocycles. The highest BCUT2D eigenvalue weighted by molar-refractivity contribution is 7.88. The molecule has 7 heteroatoms. The van der Waals surface area contributed by atoms with E-state index < -0.39 is 6.71 Å². The fourth-order valence-corrected chi connectivity index (χ4v) is 5.06. The summed E-state index contributed by atoms with van der Waals surface area (Å²) in [6.07, 6.45) is 0. The van der Waals surface area contributed by atoms with Crippen molar-refractivity contribution in [1.29, 1.82) is 0 Å². The molecule has 0 bridgehead atoms. The summed E-state index contributed by atoms with van der Waals surface area (Å²) in [5.74, 6) is 0.552. The second-order valence-corrected chi connectivity index (χ2v) is 7.56. The number of halogens is 2. The first-order chi connectivity index (χ1) is 9.09. The lowest BCUT2D eigenvalue weighted by molar-refractivity contribution is 0.507. The van der Waals surface area contributed by atoms with Gasteiger partial charge in [-0.25, -0.2) is 4.67 Å². The largest absolute Gasteiger partial charge is 0.240 e. The van der Waals surface area contributed by atoms with Crippen LogP contribution in [0.1, 0.15) is 19.4 Å². The van der Waals surface area contributed by atoms with Crippen molar-refractivity contribution in [3.8, 4) is 0 Å². The molecule has 0 aromatic heterocycles. The highest BCUT2D eigenvalue weighted by Gasteiger charge is 2.27. The third kappa shape index (κ3) is 3.26. The summed E-state index contributed by atoms with van der Waals surface area (Å²) >= 11 is 12.6. The molecule has 0 saturated heterocycles. The Kier molecular flexibility index (Phi) is 4.80. The van der Waals surface area contributed by atoms with Gasteiger partial charge in [0.15, 0.2) is 5.84 Å². The van der Waals surface area contributed by atoms with Crippen LogP contribution in [-0.4, -0.2) is 28.9 Å². The van der Waals surface area contributed by atoms with Gasteiger partial charge in [0.1, 0.15) is 0 Å². The Labute approximate surface area is 123 Å². The van der Waals surface area contributed by atoms with E-state index in [0.717, 1.165) is 18.7 Å². The lowest BCUT2D eigenvalue weighted by atomic mass is 10.2. The molecule has 0 spiro atoms. The van der Waals surface area contributed by atoms with Crippen LogP contribution in [0.3, 0.4) is 0 Å². The molecular weight excluding hydrogens is 302 g/mol. The topological polar surface area (TPSA) is 40.3 Å². The molecule has 4 nitrogen and oxygen atoms in total. The number of hydrogen-bond donors (Lipinski definition) is 0. The minimum atomic E-state index is -2.50. The normalized spacial score (nSPS) is 22.8. The Morgan fingerprint density at radius 2 is 1.79 bits per heavy atom. The van der Waals surface area contributed by atoms with Crippen LogP contribution in [-0.2, 0) is 0 Å². The predicted octanol–water partition coefficient (Wildman–Crippen LogP) is 4.57. The lowest BCUT2D eigenvalue weighted by Gasteiger charge is -2.27. The van der Waals surface area contributed by atoms with Crippen LogP contribution >= 0.6 is 29.6 Å². The van der Waals surface area contributed by atoms with Gasteiger partial charge in [-0.2, -0.15) is 14.5 Å². The van der Waals surface area contributed by atoms with Crippen LogP contribution in [0.4, 0.5) is 0 Å². The average Bonchev–Trinajstić information content (AvgIpc) is 2.40. The quantitative estimate of drug-likeness (QED) is 0.592. The first-order valence-corrected chi connectivity index (χ1v) is 8.99. The number of amidine groups is 2. The number of hydrogen-bond acceptors (Lipinski definition) is 4. The van der Waals surface area contributed by atoms with Crippen molar-refractivity contribution in [3.05, 3.63) is 35.9 Å². The summed E-state index contributed by atoms with van der Waals surface area (Å²) in [6.45, 7) is 3.10. The SMILES string of the molecule is CCN(CC)P1(Cl)=NC(Cl)=NC(c2ccccc2)=N1. The molecule has 1 unspecified atom stereocenters. The van der Waals surface area contributed by atoms with Gasteiger partial charge in [-0.05, 0) is 22.8 Å². The van der Waals surface area contributed by atoms with Gasteiger partial charge in [0, 0.05) is 18.7 Å². The fraction of sp³-hybridized carbons (Fsp3) is 0.333. The van der Waals surface area contributed by atoms with Crippen LogP contribution < -0.4 is 0 Å². The summed E-state index contributed by atoms with van der Waals surface area (Å²) in [5.41, 5.74) is 0.896. The van der Waals surface area contributed by atoms with Gasteiger partial charge in [-0.3, -0.25) is 0 Å². The predicted molar refractivity (Wildman–Crippen MR) is 84.4 cm³/mol. The van der Waals surface area contributed by atoms with E-state index in [9.17, 15) is 0 Å². The van der Waals surface area contributed by atoms with Gasteiger partial charge < -0.3 is 0 Å². The molecule has 1 aromatic rings. The third-order valence-corrected chi connectivity index (χ3v) is 6.31. The lowest BCUT2D eigenvalue weighted by Crippen LogP contribution is -2.19. The second-order valence-electron chi connectivity index (χ2n) is 3.90. The van der Waals surface area contributed by atoms with Crippen molar-refractivity contribution in [2.75, 3.05) is 13.1 Å². The summed E-state index contributed by atoms with van der Waals surface area (Å²) < 4.78 is 10.8. The highest BCUT2D eigenvalue weighted by atomic mass is 35.7. The zero-order valence-electron chi connectivity index (χ0n) is 10.8. The summed E-state index contributed by atoms with van der Waals surface area (Å²) in [6, 6.07) is 9.66. The molecule has 0 radical (unpaired) electrons. The van der Waals surface area contributed by atoms with Crippen LogP contribution in [0.15, 0.2) is 44.8 Å². The number of aliphatic imine (C=N–C) groups is 1. The monoisotopic (exact) mass is 316 g/mol. The Hall–Kier alpha value is -0.670. The molecule has 19 heavy (non-hydrogen) atoms. The van der Waals surface area contributed by atoms with Crippen molar-refractivity contribution in [3.63, 3.8) is 0 Å². The van der Waals surface area contributed by atoms with Crippen LogP contribution in [0.2, 0.25) is 0 Å². The first kappa shape index (κ1) is 14.7. The van der Waals surface area contributed by atoms with Gasteiger partial charge in [0.2, 0.25) is 12.0 Å². The van der Waals surface area contributed by atoms with E-state index in [4.69, 9.17) is 22.8 Å². The van der Waals surface area contributed by atoms with Gasteiger partial charge in [0.05, 0.1) is 0 Å². The van der Waals surface area contributed by atoms with Gasteiger partial charge in [0.25, 0.3) is 0 Å². The first-order valence-electron chi connectivity index (χ1n) is 6.06. The minimum Gasteiger partial charge on any atom is -0.240 e. The number of nitrogens with zero attached hydrogens (tertiary/aromatic N) is 4. The maximum absolute atomic E-state index is 6.60. The average molecular weight is 317 g/mol. The molecule has 2 rings (SSSR count). The van der Waals surface area contributed by atoms with Crippen molar-refractivity contribution in [2.24, 2.45) is 14.5 Å². The van der Waals surface area contributed by atoms with Crippen LogP contribution in [0, 0.1) is 0 Å². The van der Waals surface area contributed by atoms with Gasteiger partial charge >= 0.3 is 0 Å². The van der Waals surface area contributed by atoms with Crippen molar-refractivity contribution in [2.45, 2.75) is 13.8 Å². The van der Waals surface area contributed by atoms with E-state index in [2.05, 4.69) is 14.5 Å². The Morgan fingerprint density at radius 3 is 2.37 bits per heavy atom. The van der Waals surface area contributed by atoms with E-state index in [1.807, 2.05) is 48.8 Å². The Bertz CT molecular complexity index is 564. The van der Waals surface area contributed by atoms with Crippen molar-refractivity contribution < 1.29 is 0 Å². The minimum absolute atomic E-state index is 0.170. The number of rotatable bonds is 4. The summed E-state index contributed by atoms with van der Waals surface area (Å²) in [5, 5.41) is 0.170. The summed E-state index contributed by atoms with van der Waals surface area (Å²) in [7, 11) is 0. The molecule has 1 atom stereocenters. The zero-order valence-corrected chi connectivity index (χ0v) is 13.2. The van der Waals surface area contributed by atoms with E-state index >= 15 is 0 Å². The van der Waals surface area contributed by atoms with Gasteiger partial charge in [-0.1, -0.05) is 44.2 Å². The molecule has 0 aliphatic carbocycles. The van der Waals surface area contributed by atoms with Crippen molar-refractivity contribution >= 4 is 40.7 Å². The third-order valence-electron chi connectivity index (χ3n) is 2.75. The molecule has 0 fully saturated rings. The smallest absolute Gasteiger partial charge is 0.239 e. The molecule has 0 saturated carbocycles. The molecule has 0 N–H and O–H groups in total. The zero-order chi connectivity index (χ0) is 13.9. The van der Waals surface area contributed by atoms with Crippen LogP contribution in [0.5, 0.6) is 0 Å². The maximum atomic E-state index is 6.60. The maximum Gasteiger partial charge on any atom is 0.239 e. The molecule has 1 heterocycles. The fourth-order valence-electron chi connectivity index (χ4n) is 1.80. The molecule has 1 aliphatic heterocycles. The van der Waals surface area contributed by atoms with Gasteiger partial charge in [-0.15, -0.1) is 0 Å². The standard InChI is InChI=1S/C12H15Cl2N4P/c1-3-18(4-2)19(14)16-11(15-12(13)17-19)10-8-6-5-7-9-10/h5-9H,3-4H2,1-2H3. The van der Waals surface area contributed by atoms with E-state index in [-0.39, 0.29) is 5.29 Å². The molecular formula is C12H15Cl2N4P. The molecule has 0 amide bonds. The van der Waals surface area contributed by atoms with Crippen molar-refractivity contribution in [1.82, 2.24) is 4.67 Å². The second kappa shape index (κ2) is 6.19. The van der Waals surface area contributed by atoms with Crippen LogP contribution in [0.25, 0.3) is 0 Å². The molecule has 1 aliphatic rings. The molecule has 102 valence electrons. The Morgan fingerprint density at radius 1 is 1.16 bits per heavy atom. The summed E-state index contributed by atoms with van der Waals surface area (Å²) in [4.78, 5) is 4.18. The van der Waals surface area contributed by atoms with E-state index in [0.29, 0.717) is 5.84 Å².